The first kappa shape index (κ1) is 15.9. The quantitative estimate of drug-likeness (QED) is 0.342. The molecular weight excluding hydrogens is 260 g/mol. The van der Waals surface area contributed by atoms with Crippen LogP contribution in [0.25, 0.3) is 0 Å². The zero-order valence-electron chi connectivity index (χ0n) is 11.8. The van der Waals surface area contributed by atoms with Gasteiger partial charge in [-0.25, -0.2) is 0 Å². The molecule has 0 aliphatic heterocycles. The summed E-state index contributed by atoms with van der Waals surface area (Å²) in [6, 6.07) is 5.00. The van der Waals surface area contributed by atoms with Gasteiger partial charge in [0.15, 0.2) is 0 Å². The molecule has 0 aliphatic carbocycles. The van der Waals surface area contributed by atoms with Gasteiger partial charge in [0.2, 0.25) is 0 Å². The average molecular weight is 280 g/mol. The van der Waals surface area contributed by atoms with E-state index in [9.17, 15) is 14.9 Å². The Morgan fingerprint density at radius 1 is 1.35 bits per heavy atom. The molecule has 0 spiro atoms. The molecule has 0 fully saturated rings. The van der Waals surface area contributed by atoms with Gasteiger partial charge in [0.25, 0.3) is 5.69 Å². The second-order valence-corrected chi connectivity index (χ2v) is 4.59. The van der Waals surface area contributed by atoms with E-state index in [1.807, 2.05) is 6.92 Å². The van der Waals surface area contributed by atoms with Crippen molar-refractivity contribution < 1.29 is 14.5 Å². The predicted octanol–water partition coefficient (Wildman–Crippen LogP) is 3.05. The lowest BCUT2D eigenvalue weighted by Crippen LogP contribution is -2.05. The van der Waals surface area contributed by atoms with Crippen LogP contribution >= 0.6 is 0 Å². The first-order valence-corrected chi connectivity index (χ1v) is 6.60. The SMILES string of the molecule is COC(=O)CCCCCNc1cc(C)ccc1[N+](=O)[O-]. The van der Waals surface area contributed by atoms with E-state index in [-0.39, 0.29) is 16.6 Å². The summed E-state index contributed by atoms with van der Waals surface area (Å²) < 4.78 is 4.55. The van der Waals surface area contributed by atoms with Crippen molar-refractivity contribution in [1.29, 1.82) is 0 Å². The van der Waals surface area contributed by atoms with E-state index in [2.05, 4.69) is 10.1 Å². The molecular formula is C14H20N2O4. The third-order valence-corrected chi connectivity index (χ3v) is 2.95. The lowest BCUT2D eigenvalue weighted by molar-refractivity contribution is -0.384. The molecule has 0 radical (unpaired) electrons. The molecule has 1 N–H and O–H groups in total. The molecule has 0 saturated carbocycles. The van der Waals surface area contributed by atoms with E-state index in [0.29, 0.717) is 18.7 Å². The van der Waals surface area contributed by atoms with Crippen molar-refractivity contribution >= 4 is 17.3 Å². The van der Waals surface area contributed by atoms with Crippen molar-refractivity contribution in [2.45, 2.75) is 32.6 Å². The molecule has 0 heterocycles. The minimum atomic E-state index is -0.390. The number of hydrogen-bond donors (Lipinski definition) is 1. The summed E-state index contributed by atoms with van der Waals surface area (Å²) in [6.45, 7) is 2.54. The Labute approximate surface area is 118 Å². The molecule has 20 heavy (non-hydrogen) atoms. The molecule has 6 heteroatoms. The molecule has 6 nitrogen and oxygen atoms in total. The highest BCUT2D eigenvalue weighted by Gasteiger charge is 2.12. The summed E-state index contributed by atoms with van der Waals surface area (Å²) in [6.07, 6.45) is 2.91. The molecule has 1 aromatic carbocycles. The zero-order chi connectivity index (χ0) is 15.0. The molecule has 0 saturated heterocycles. The summed E-state index contributed by atoms with van der Waals surface area (Å²) >= 11 is 0. The number of unbranched alkanes of at least 4 members (excludes halogenated alkanes) is 2. The van der Waals surface area contributed by atoms with E-state index in [1.54, 1.807) is 12.1 Å². The number of nitro benzene ring substituents is 1. The van der Waals surface area contributed by atoms with Crippen molar-refractivity contribution in [1.82, 2.24) is 0 Å². The molecule has 0 bridgehead atoms. The molecule has 110 valence electrons. The largest absolute Gasteiger partial charge is 0.469 e. The number of rotatable bonds is 8. The number of nitrogens with zero attached hydrogens (tertiary/aromatic N) is 1. The maximum atomic E-state index is 10.9. The number of carbonyl (C=O) groups excluding carboxylic acids is 1. The van der Waals surface area contributed by atoms with Gasteiger partial charge < -0.3 is 10.1 Å². The van der Waals surface area contributed by atoms with Crippen LogP contribution in [-0.2, 0) is 9.53 Å². The lowest BCUT2D eigenvalue weighted by Gasteiger charge is -2.07. The van der Waals surface area contributed by atoms with E-state index in [1.165, 1.54) is 13.2 Å². The number of aryl methyl sites for hydroxylation is 1. The van der Waals surface area contributed by atoms with Crippen LogP contribution in [0, 0.1) is 17.0 Å². The van der Waals surface area contributed by atoms with Crippen LogP contribution in [0.2, 0.25) is 0 Å². The van der Waals surface area contributed by atoms with Gasteiger partial charge in [0, 0.05) is 19.0 Å². The second kappa shape index (κ2) is 8.14. The van der Waals surface area contributed by atoms with Gasteiger partial charge in [-0.05, 0) is 31.4 Å². The Balaban J connectivity index is 2.36. The molecule has 0 aromatic heterocycles. The number of methoxy groups -OCH3 is 1. The Bertz CT molecular complexity index is 474. The van der Waals surface area contributed by atoms with Crippen molar-refractivity contribution in [3.05, 3.63) is 33.9 Å². The summed E-state index contributed by atoms with van der Waals surface area (Å²) in [7, 11) is 1.38. The normalized spacial score (nSPS) is 10.1. The first-order valence-electron chi connectivity index (χ1n) is 6.60. The number of esters is 1. The molecule has 0 atom stereocenters. The Morgan fingerprint density at radius 3 is 2.75 bits per heavy atom. The third kappa shape index (κ3) is 5.26. The Hall–Kier alpha value is -2.11. The number of hydrogen-bond acceptors (Lipinski definition) is 5. The van der Waals surface area contributed by atoms with Crippen molar-refractivity contribution in [2.75, 3.05) is 19.0 Å². The maximum absolute atomic E-state index is 10.9. The number of nitro groups is 1. The maximum Gasteiger partial charge on any atom is 0.305 e. The number of nitrogens with one attached hydrogen (secondary N) is 1. The highest BCUT2D eigenvalue weighted by atomic mass is 16.6. The van der Waals surface area contributed by atoms with Gasteiger partial charge in [0.1, 0.15) is 5.69 Å². The lowest BCUT2D eigenvalue weighted by atomic mass is 10.1. The smallest absolute Gasteiger partial charge is 0.305 e. The van der Waals surface area contributed by atoms with Crippen LogP contribution in [0.3, 0.4) is 0 Å². The van der Waals surface area contributed by atoms with Crippen molar-refractivity contribution in [3.8, 4) is 0 Å². The van der Waals surface area contributed by atoms with Gasteiger partial charge in [-0.15, -0.1) is 0 Å². The summed E-state index contributed by atoms with van der Waals surface area (Å²) in [4.78, 5) is 21.4. The van der Waals surface area contributed by atoms with Gasteiger partial charge in [-0.1, -0.05) is 12.5 Å². The average Bonchev–Trinajstić information content (AvgIpc) is 2.42. The highest BCUT2D eigenvalue weighted by Crippen LogP contribution is 2.25. The van der Waals surface area contributed by atoms with Crippen molar-refractivity contribution in [3.63, 3.8) is 0 Å². The molecule has 0 aliphatic rings. The predicted molar refractivity (Wildman–Crippen MR) is 76.8 cm³/mol. The zero-order valence-corrected chi connectivity index (χ0v) is 11.8. The summed E-state index contributed by atoms with van der Waals surface area (Å²) in [5, 5.41) is 14.0. The molecule has 1 aromatic rings. The van der Waals surface area contributed by atoms with E-state index in [4.69, 9.17) is 0 Å². The van der Waals surface area contributed by atoms with Gasteiger partial charge in [-0.2, -0.15) is 0 Å². The third-order valence-electron chi connectivity index (χ3n) is 2.95. The standard InChI is InChI=1S/C14H20N2O4/c1-11-7-8-13(16(18)19)12(10-11)15-9-5-3-4-6-14(17)20-2/h7-8,10,15H,3-6,9H2,1-2H3. The number of carbonyl (C=O) groups is 1. The number of ether oxygens (including phenoxy) is 1. The minimum absolute atomic E-state index is 0.0881. The highest BCUT2D eigenvalue weighted by molar-refractivity contribution is 5.69. The fraction of sp³-hybridized carbons (Fsp3) is 0.500. The Morgan fingerprint density at radius 2 is 2.10 bits per heavy atom. The molecule has 0 amide bonds. The Kier molecular flexibility index (Phi) is 6.49. The van der Waals surface area contributed by atoms with Crippen molar-refractivity contribution in [2.24, 2.45) is 0 Å². The topological polar surface area (TPSA) is 81.5 Å². The molecule has 1 rings (SSSR count). The van der Waals surface area contributed by atoms with Crippen LogP contribution in [0.5, 0.6) is 0 Å². The summed E-state index contributed by atoms with van der Waals surface area (Å²) in [5.74, 6) is -0.202. The monoisotopic (exact) mass is 280 g/mol. The van der Waals surface area contributed by atoms with E-state index < -0.39 is 0 Å². The fourth-order valence-corrected chi connectivity index (χ4v) is 1.85. The van der Waals surface area contributed by atoms with Gasteiger partial charge >= 0.3 is 5.97 Å². The van der Waals surface area contributed by atoms with E-state index >= 15 is 0 Å². The van der Waals surface area contributed by atoms with Crippen LogP contribution in [0.4, 0.5) is 11.4 Å². The van der Waals surface area contributed by atoms with Crippen LogP contribution < -0.4 is 5.32 Å². The fourth-order valence-electron chi connectivity index (χ4n) is 1.85. The van der Waals surface area contributed by atoms with Gasteiger partial charge in [-0.3, -0.25) is 14.9 Å². The van der Waals surface area contributed by atoms with Gasteiger partial charge in [0.05, 0.1) is 12.0 Å². The van der Waals surface area contributed by atoms with Crippen LogP contribution in [0.15, 0.2) is 18.2 Å². The van der Waals surface area contributed by atoms with Crippen LogP contribution in [-0.4, -0.2) is 24.5 Å². The van der Waals surface area contributed by atoms with Crippen LogP contribution in [0.1, 0.15) is 31.2 Å². The minimum Gasteiger partial charge on any atom is -0.469 e. The second-order valence-electron chi connectivity index (χ2n) is 4.59. The first-order chi connectivity index (χ1) is 9.54. The number of benzene rings is 1. The number of anilines is 1. The summed E-state index contributed by atoms with van der Waals surface area (Å²) in [5.41, 5.74) is 1.61. The molecule has 0 unspecified atom stereocenters. The van der Waals surface area contributed by atoms with E-state index in [0.717, 1.165) is 24.8 Å².